The van der Waals surface area contributed by atoms with Crippen LogP contribution in [-0.4, -0.2) is 44.3 Å². The molecule has 0 spiro atoms. The van der Waals surface area contributed by atoms with E-state index < -0.39 is 10.0 Å². The SMILES string of the molecule is CCOC1CCCN(S(=O)(=O)CC)C1. The highest BCUT2D eigenvalue weighted by Gasteiger charge is 2.27. The van der Waals surface area contributed by atoms with Crippen molar-refractivity contribution >= 4 is 10.0 Å². The first-order valence-electron chi connectivity index (χ1n) is 5.19. The van der Waals surface area contributed by atoms with Gasteiger partial charge in [0.05, 0.1) is 11.9 Å². The van der Waals surface area contributed by atoms with Gasteiger partial charge in [0, 0.05) is 19.7 Å². The number of ether oxygens (including phenoxy) is 1. The summed E-state index contributed by atoms with van der Waals surface area (Å²) >= 11 is 0. The molecule has 0 aromatic carbocycles. The van der Waals surface area contributed by atoms with E-state index in [1.165, 1.54) is 0 Å². The zero-order valence-electron chi connectivity index (χ0n) is 8.90. The molecule has 0 radical (unpaired) electrons. The Kier molecular flexibility index (Phi) is 4.34. The molecule has 4 nitrogen and oxygen atoms in total. The Labute approximate surface area is 86.3 Å². The van der Waals surface area contributed by atoms with Gasteiger partial charge in [0.15, 0.2) is 0 Å². The Morgan fingerprint density at radius 3 is 2.71 bits per heavy atom. The molecule has 1 aliphatic rings. The molecule has 1 atom stereocenters. The first-order chi connectivity index (χ1) is 6.60. The molecule has 1 heterocycles. The van der Waals surface area contributed by atoms with E-state index in [0.29, 0.717) is 19.7 Å². The number of piperidine rings is 1. The molecule has 0 aliphatic carbocycles. The molecule has 1 saturated heterocycles. The number of sulfonamides is 1. The monoisotopic (exact) mass is 221 g/mol. The predicted molar refractivity (Wildman–Crippen MR) is 55.7 cm³/mol. The summed E-state index contributed by atoms with van der Waals surface area (Å²) in [5.41, 5.74) is 0. The van der Waals surface area contributed by atoms with Crippen molar-refractivity contribution in [3.8, 4) is 0 Å². The standard InChI is InChI=1S/C9H19NO3S/c1-3-13-9-6-5-7-10(8-9)14(11,12)4-2/h9H,3-8H2,1-2H3. The van der Waals surface area contributed by atoms with Crippen molar-refractivity contribution in [1.29, 1.82) is 0 Å². The van der Waals surface area contributed by atoms with Crippen LogP contribution in [0.1, 0.15) is 26.7 Å². The smallest absolute Gasteiger partial charge is 0.213 e. The van der Waals surface area contributed by atoms with E-state index in [4.69, 9.17) is 4.74 Å². The van der Waals surface area contributed by atoms with Crippen LogP contribution >= 0.6 is 0 Å². The van der Waals surface area contributed by atoms with Crippen molar-refractivity contribution < 1.29 is 13.2 Å². The summed E-state index contributed by atoms with van der Waals surface area (Å²) in [6.07, 6.45) is 1.98. The van der Waals surface area contributed by atoms with E-state index in [9.17, 15) is 8.42 Å². The molecule has 84 valence electrons. The predicted octanol–water partition coefficient (Wildman–Crippen LogP) is 0.837. The molecule has 1 rings (SSSR count). The van der Waals surface area contributed by atoms with Crippen molar-refractivity contribution in [3.05, 3.63) is 0 Å². The third-order valence-corrected chi connectivity index (χ3v) is 4.35. The van der Waals surface area contributed by atoms with Gasteiger partial charge < -0.3 is 4.74 Å². The first-order valence-corrected chi connectivity index (χ1v) is 6.80. The van der Waals surface area contributed by atoms with Gasteiger partial charge in [-0.25, -0.2) is 8.42 Å². The van der Waals surface area contributed by atoms with Crippen LogP contribution in [0.5, 0.6) is 0 Å². The molecular weight excluding hydrogens is 202 g/mol. The molecule has 1 aliphatic heterocycles. The molecule has 5 heteroatoms. The Balaban J connectivity index is 2.56. The Bertz CT molecular complexity index is 261. The fourth-order valence-electron chi connectivity index (χ4n) is 1.71. The maximum absolute atomic E-state index is 11.6. The second-order valence-electron chi connectivity index (χ2n) is 3.48. The summed E-state index contributed by atoms with van der Waals surface area (Å²) in [4.78, 5) is 0. The minimum absolute atomic E-state index is 0.0927. The molecule has 0 bridgehead atoms. The maximum Gasteiger partial charge on any atom is 0.213 e. The van der Waals surface area contributed by atoms with Crippen LogP contribution < -0.4 is 0 Å². The molecule has 0 aromatic rings. The van der Waals surface area contributed by atoms with E-state index in [2.05, 4.69) is 0 Å². The van der Waals surface area contributed by atoms with Crippen LogP contribution in [0.4, 0.5) is 0 Å². The third-order valence-electron chi connectivity index (χ3n) is 2.50. The highest BCUT2D eigenvalue weighted by atomic mass is 32.2. The van der Waals surface area contributed by atoms with Crippen molar-refractivity contribution in [3.63, 3.8) is 0 Å². The number of nitrogens with zero attached hydrogens (tertiary/aromatic N) is 1. The summed E-state index contributed by atoms with van der Waals surface area (Å²) in [6.45, 7) is 5.46. The largest absolute Gasteiger partial charge is 0.377 e. The lowest BCUT2D eigenvalue weighted by Gasteiger charge is -2.31. The lowest BCUT2D eigenvalue weighted by Crippen LogP contribution is -2.43. The van der Waals surface area contributed by atoms with E-state index in [0.717, 1.165) is 12.8 Å². The van der Waals surface area contributed by atoms with Gasteiger partial charge in [0.25, 0.3) is 0 Å². The van der Waals surface area contributed by atoms with Crippen LogP contribution in [0.25, 0.3) is 0 Å². The fraction of sp³-hybridized carbons (Fsp3) is 1.00. The van der Waals surface area contributed by atoms with E-state index in [1.54, 1.807) is 11.2 Å². The minimum Gasteiger partial charge on any atom is -0.377 e. The van der Waals surface area contributed by atoms with E-state index in [-0.39, 0.29) is 11.9 Å². The van der Waals surface area contributed by atoms with Crippen molar-refractivity contribution in [2.75, 3.05) is 25.4 Å². The average molecular weight is 221 g/mol. The summed E-state index contributed by atoms with van der Waals surface area (Å²) in [5, 5.41) is 0. The summed E-state index contributed by atoms with van der Waals surface area (Å²) in [6, 6.07) is 0. The van der Waals surface area contributed by atoms with Crippen molar-refractivity contribution in [2.45, 2.75) is 32.8 Å². The van der Waals surface area contributed by atoms with Crippen LogP contribution in [0.3, 0.4) is 0 Å². The lowest BCUT2D eigenvalue weighted by molar-refractivity contribution is 0.0265. The van der Waals surface area contributed by atoms with Gasteiger partial charge in [-0.3, -0.25) is 0 Å². The highest BCUT2D eigenvalue weighted by molar-refractivity contribution is 7.89. The van der Waals surface area contributed by atoms with Crippen molar-refractivity contribution in [2.24, 2.45) is 0 Å². The topological polar surface area (TPSA) is 46.6 Å². The summed E-state index contributed by atoms with van der Waals surface area (Å²) in [7, 11) is -3.02. The Morgan fingerprint density at radius 2 is 2.14 bits per heavy atom. The van der Waals surface area contributed by atoms with Gasteiger partial charge in [-0.15, -0.1) is 0 Å². The van der Waals surface area contributed by atoms with Crippen LogP contribution in [0.2, 0.25) is 0 Å². The number of hydrogen-bond acceptors (Lipinski definition) is 3. The summed E-state index contributed by atoms with van der Waals surface area (Å²) < 4.78 is 30.1. The molecule has 0 N–H and O–H groups in total. The van der Waals surface area contributed by atoms with Gasteiger partial charge in [-0.05, 0) is 26.7 Å². The minimum atomic E-state index is -3.02. The van der Waals surface area contributed by atoms with Gasteiger partial charge in [-0.1, -0.05) is 0 Å². The Morgan fingerprint density at radius 1 is 1.43 bits per heavy atom. The zero-order chi connectivity index (χ0) is 10.6. The summed E-state index contributed by atoms with van der Waals surface area (Å²) in [5.74, 6) is 0.186. The normalized spacial score (nSPS) is 25.1. The van der Waals surface area contributed by atoms with Gasteiger partial charge in [0.2, 0.25) is 10.0 Å². The maximum atomic E-state index is 11.6. The van der Waals surface area contributed by atoms with Gasteiger partial charge >= 0.3 is 0 Å². The molecule has 1 fully saturated rings. The number of hydrogen-bond donors (Lipinski definition) is 0. The Hall–Kier alpha value is -0.130. The van der Waals surface area contributed by atoms with Crippen molar-refractivity contribution in [1.82, 2.24) is 4.31 Å². The van der Waals surface area contributed by atoms with Crippen LogP contribution in [0.15, 0.2) is 0 Å². The van der Waals surface area contributed by atoms with Gasteiger partial charge in [-0.2, -0.15) is 4.31 Å². The number of rotatable bonds is 4. The average Bonchev–Trinajstić information content (AvgIpc) is 2.19. The molecular formula is C9H19NO3S. The second-order valence-corrected chi connectivity index (χ2v) is 5.74. The highest BCUT2D eigenvalue weighted by Crippen LogP contribution is 2.16. The quantitative estimate of drug-likeness (QED) is 0.706. The molecule has 0 aromatic heterocycles. The van der Waals surface area contributed by atoms with E-state index in [1.807, 2.05) is 6.92 Å². The zero-order valence-corrected chi connectivity index (χ0v) is 9.72. The van der Waals surface area contributed by atoms with Crippen LogP contribution in [-0.2, 0) is 14.8 Å². The second kappa shape index (κ2) is 5.09. The van der Waals surface area contributed by atoms with Crippen LogP contribution in [0, 0.1) is 0 Å². The molecule has 0 saturated carbocycles. The third kappa shape index (κ3) is 2.93. The fourth-order valence-corrected chi connectivity index (χ4v) is 2.88. The molecule has 14 heavy (non-hydrogen) atoms. The molecule has 1 unspecified atom stereocenters. The van der Waals surface area contributed by atoms with Gasteiger partial charge in [0.1, 0.15) is 0 Å². The molecule has 0 amide bonds. The van der Waals surface area contributed by atoms with E-state index >= 15 is 0 Å². The first kappa shape index (κ1) is 11.9. The lowest BCUT2D eigenvalue weighted by atomic mass is 10.1.